The Labute approximate surface area is 190 Å². The fourth-order valence-corrected chi connectivity index (χ4v) is 5.39. The number of piperidine rings is 1. The van der Waals surface area contributed by atoms with Gasteiger partial charge in [0.25, 0.3) is 0 Å². The van der Waals surface area contributed by atoms with E-state index in [1.807, 2.05) is 35.2 Å². The Morgan fingerprint density at radius 2 is 2.19 bits per heavy atom. The SMILES string of the molecule is CN1CC[C@H](COCc2ccccn2)CC12CN(C(=O)Cc1ccc3c(c1)CCCO3)C2. The van der Waals surface area contributed by atoms with Crippen molar-refractivity contribution in [1.82, 2.24) is 14.8 Å². The molecule has 3 aliphatic heterocycles. The minimum Gasteiger partial charge on any atom is -0.493 e. The Balaban J connectivity index is 1.12. The summed E-state index contributed by atoms with van der Waals surface area (Å²) in [5.41, 5.74) is 3.42. The Hall–Kier alpha value is -2.44. The van der Waals surface area contributed by atoms with E-state index in [4.69, 9.17) is 9.47 Å². The smallest absolute Gasteiger partial charge is 0.227 e. The first kappa shape index (κ1) is 21.4. The van der Waals surface area contributed by atoms with Gasteiger partial charge in [0.15, 0.2) is 0 Å². The van der Waals surface area contributed by atoms with Crippen molar-refractivity contribution in [1.29, 1.82) is 0 Å². The summed E-state index contributed by atoms with van der Waals surface area (Å²) in [5.74, 6) is 1.75. The van der Waals surface area contributed by atoms with Crippen LogP contribution in [0.5, 0.6) is 5.75 Å². The Bertz CT molecular complexity index is 943. The van der Waals surface area contributed by atoms with Gasteiger partial charge in [0.2, 0.25) is 5.91 Å². The molecule has 6 heteroatoms. The van der Waals surface area contributed by atoms with Gasteiger partial charge in [-0.3, -0.25) is 14.7 Å². The molecule has 2 fully saturated rings. The lowest BCUT2D eigenvalue weighted by Gasteiger charge is -2.58. The number of pyridine rings is 1. The maximum atomic E-state index is 13.0. The number of ether oxygens (including phenoxy) is 2. The van der Waals surface area contributed by atoms with Gasteiger partial charge in [0.1, 0.15) is 5.75 Å². The standard InChI is InChI=1S/C26H33N3O3/c1-28-11-9-21(16-31-17-23-6-2-3-10-27-23)15-26(28)18-29(19-26)25(30)14-20-7-8-24-22(13-20)5-4-12-32-24/h2-3,6-8,10,13,21H,4-5,9,11-12,14-19H2,1H3/t21-/m0/s1. The molecule has 1 aromatic heterocycles. The molecule has 1 aromatic carbocycles. The van der Waals surface area contributed by atoms with Crippen molar-refractivity contribution in [3.05, 3.63) is 59.4 Å². The third-order valence-corrected chi connectivity index (χ3v) is 7.33. The summed E-state index contributed by atoms with van der Waals surface area (Å²) in [6, 6.07) is 12.1. The number of hydrogen-bond acceptors (Lipinski definition) is 5. The second-order valence-electron chi connectivity index (χ2n) is 9.66. The summed E-state index contributed by atoms with van der Waals surface area (Å²) in [4.78, 5) is 21.8. The van der Waals surface area contributed by atoms with Crippen molar-refractivity contribution >= 4 is 5.91 Å². The summed E-state index contributed by atoms with van der Waals surface area (Å²) in [6.07, 6.45) is 6.61. The molecule has 0 aliphatic carbocycles. The zero-order chi connectivity index (χ0) is 22.0. The lowest BCUT2D eigenvalue weighted by atomic mass is 9.75. The zero-order valence-corrected chi connectivity index (χ0v) is 19.0. The summed E-state index contributed by atoms with van der Waals surface area (Å²) in [7, 11) is 2.20. The predicted octanol–water partition coefficient (Wildman–Crippen LogP) is 3.09. The number of rotatable bonds is 6. The normalized spacial score (nSPS) is 22.2. The number of likely N-dealkylation sites (tertiary alicyclic amines) is 2. The van der Waals surface area contributed by atoms with Crippen LogP contribution in [0.3, 0.4) is 0 Å². The summed E-state index contributed by atoms with van der Waals surface area (Å²) >= 11 is 0. The quantitative estimate of drug-likeness (QED) is 0.698. The minimum atomic E-state index is 0.108. The highest BCUT2D eigenvalue weighted by molar-refractivity contribution is 5.80. The molecule has 0 saturated carbocycles. The van der Waals surface area contributed by atoms with Crippen LogP contribution in [-0.2, 0) is 29.0 Å². The monoisotopic (exact) mass is 435 g/mol. The third kappa shape index (κ3) is 4.52. The second kappa shape index (κ2) is 9.20. The molecule has 0 bridgehead atoms. The van der Waals surface area contributed by atoms with Crippen LogP contribution in [0.2, 0.25) is 0 Å². The highest BCUT2D eigenvalue weighted by Gasteiger charge is 2.50. The summed E-state index contributed by atoms with van der Waals surface area (Å²) in [6.45, 7) is 4.84. The Kier molecular flexibility index (Phi) is 6.15. The molecule has 1 spiro atoms. The topological polar surface area (TPSA) is 54.9 Å². The fourth-order valence-electron chi connectivity index (χ4n) is 5.39. The van der Waals surface area contributed by atoms with E-state index in [0.717, 1.165) is 75.5 Å². The first-order chi connectivity index (χ1) is 15.6. The Morgan fingerprint density at radius 1 is 1.28 bits per heavy atom. The van der Waals surface area contributed by atoms with E-state index in [0.29, 0.717) is 18.9 Å². The number of aryl methyl sites for hydroxylation is 1. The second-order valence-corrected chi connectivity index (χ2v) is 9.66. The zero-order valence-electron chi connectivity index (χ0n) is 19.0. The highest BCUT2D eigenvalue weighted by Crippen LogP contribution is 2.38. The average molecular weight is 436 g/mol. The molecule has 4 heterocycles. The van der Waals surface area contributed by atoms with Gasteiger partial charge in [-0.05, 0) is 74.5 Å². The molecule has 2 aromatic rings. The van der Waals surface area contributed by atoms with Gasteiger partial charge < -0.3 is 14.4 Å². The maximum Gasteiger partial charge on any atom is 0.227 e. The molecule has 6 nitrogen and oxygen atoms in total. The van der Waals surface area contributed by atoms with E-state index in [2.05, 4.69) is 23.0 Å². The maximum absolute atomic E-state index is 13.0. The number of benzene rings is 1. The van der Waals surface area contributed by atoms with Crippen molar-refractivity contribution in [2.75, 3.05) is 39.9 Å². The van der Waals surface area contributed by atoms with Crippen molar-refractivity contribution in [2.45, 2.75) is 44.2 Å². The molecule has 170 valence electrons. The highest BCUT2D eigenvalue weighted by atomic mass is 16.5. The number of hydrogen-bond donors (Lipinski definition) is 0. The van der Waals surface area contributed by atoms with Crippen LogP contribution in [0.1, 0.15) is 36.1 Å². The van der Waals surface area contributed by atoms with Gasteiger partial charge in [-0.25, -0.2) is 0 Å². The molecule has 0 N–H and O–H groups in total. The van der Waals surface area contributed by atoms with E-state index in [9.17, 15) is 4.79 Å². The first-order valence-electron chi connectivity index (χ1n) is 11.8. The van der Waals surface area contributed by atoms with Gasteiger partial charge in [-0.15, -0.1) is 0 Å². The molecular formula is C26H33N3O3. The molecule has 5 rings (SSSR count). The molecule has 2 saturated heterocycles. The van der Waals surface area contributed by atoms with Gasteiger partial charge in [0.05, 0.1) is 37.5 Å². The summed E-state index contributed by atoms with van der Waals surface area (Å²) in [5, 5.41) is 0. The van der Waals surface area contributed by atoms with Crippen LogP contribution in [0.25, 0.3) is 0 Å². The van der Waals surface area contributed by atoms with E-state index in [1.165, 1.54) is 5.56 Å². The van der Waals surface area contributed by atoms with Crippen molar-refractivity contribution in [3.8, 4) is 5.75 Å². The van der Waals surface area contributed by atoms with Crippen LogP contribution in [-0.4, -0.2) is 66.1 Å². The van der Waals surface area contributed by atoms with E-state index < -0.39 is 0 Å². The molecular weight excluding hydrogens is 402 g/mol. The predicted molar refractivity (Wildman–Crippen MR) is 123 cm³/mol. The molecule has 0 unspecified atom stereocenters. The molecule has 32 heavy (non-hydrogen) atoms. The van der Waals surface area contributed by atoms with Crippen molar-refractivity contribution < 1.29 is 14.3 Å². The van der Waals surface area contributed by atoms with Gasteiger partial charge in [-0.1, -0.05) is 18.2 Å². The molecule has 1 amide bonds. The number of likely N-dealkylation sites (N-methyl/N-ethyl adjacent to an activating group) is 1. The third-order valence-electron chi connectivity index (χ3n) is 7.33. The van der Waals surface area contributed by atoms with Crippen molar-refractivity contribution in [2.24, 2.45) is 5.92 Å². The molecule has 3 aliphatic rings. The van der Waals surface area contributed by atoms with Crippen LogP contribution < -0.4 is 4.74 Å². The van der Waals surface area contributed by atoms with Gasteiger partial charge in [0, 0.05) is 19.3 Å². The van der Waals surface area contributed by atoms with Crippen LogP contribution in [0.15, 0.2) is 42.6 Å². The number of nitrogens with zero attached hydrogens (tertiary/aromatic N) is 3. The van der Waals surface area contributed by atoms with Crippen LogP contribution >= 0.6 is 0 Å². The van der Waals surface area contributed by atoms with E-state index in [-0.39, 0.29) is 11.4 Å². The molecule has 0 radical (unpaired) electrons. The largest absolute Gasteiger partial charge is 0.493 e. The average Bonchev–Trinajstić information content (AvgIpc) is 2.79. The summed E-state index contributed by atoms with van der Waals surface area (Å²) < 4.78 is 11.7. The molecule has 1 atom stereocenters. The van der Waals surface area contributed by atoms with Gasteiger partial charge in [-0.2, -0.15) is 0 Å². The number of amides is 1. The van der Waals surface area contributed by atoms with Crippen LogP contribution in [0.4, 0.5) is 0 Å². The number of carbonyl (C=O) groups is 1. The fraction of sp³-hybridized carbons (Fsp3) is 0.538. The minimum absolute atomic E-state index is 0.108. The Morgan fingerprint density at radius 3 is 3.03 bits per heavy atom. The number of aromatic nitrogens is 1. The lowest BCUT2D eigenvalue weighted by Crippen LogP contribution is -2.72. The van der Waals surface area contributed by atoms with E-state index in [1.54, 1.807) is 6.20 Å². The van der Waals surface area contributed by atoms with E-state index >= 15 is 0 Å². The van der Waals surface area contributed by atoms with Gasteiger partial charge >= 0.3 is 0 Å². The van der Waals surface area contributed by atoms with Crippen molar-refractivity contribution in [3.63, 3.8) is 0 Å². The number of fused-ring (bicyclic) bond motifs is 1. The first-order valence-corrected chi connectivity index (χ1v) is 11.8. The lowest BCUT2D eigenvalue weighted by molar-refractivity contribution is -0.150. The van der Waals surface area contributed by atoms with Crippen LogP contribution in [0, 0.1) is 5.92 Å². The number of carbonyl (C=O) groups excluding carboxylic acids is 1.